The molecule has 5 heteroatoms. The van der Waals surface area contributed by atoms with E-state index in [1.165, 1.54) is 0 Å². The minimum Gasteiger partial charge on any atom is -0.480 e. The monoisotopic (exact) mass is 157 g/mol. The summed E-state index contributed by atoms with van der Waals surface area (Å²) in [6.07, 6.45) is 1.52. The molecular formula is C6H12BNO3. The van der Waals surface area contributed by atoms with Crippen LogP contribution in [0.25, 0.3) is 0 Å². The Morgan fingerprint density at radius 2 is 2.36 bits per heavy atom. The van der Waals surface area contributed by atoms with Gasteiger partial charge in [-0.25, -0.2) is 0 Å². The molecule has 0 bridgehead atoms. The van der Waals surface area contributed by atoms with Gasteiger partial charge in [0, 0.05) is 0 Å². The molecule has 1 aliphatic heterocycles. The van der Waals surface area contributed by atoms with Crippen molar-refractivity contribution >= 4 is 13.0 Å². The third kappa shape index (κ3) is 1.72. The predicted molar refractivity (Wildman–Crippen MR) is 41.2 cm³/mol. The SMILES string of the molecule is CB(O)N1CCCC1C(=O)O. The molecule has 0 spiro atoms. The average Bonchev–Trinajstić information content (AvgIpc) is 2.32. The summed E-state index contributed by atoms with van der Waals surface area (Å²) < 4.78 is 0. The van der Waals surface area contributed by atoms with Crippen molar-refractivity contribution in [1.82, 2.24) is 4.81 Å². The maximum atomic E-state index is 10.6. The van der Waals surface area contributed by atoms with Gasteiger partial charge in [0.2, 0.25) is 0 Å². The highest BCUT2D eigenvalue weighted by atomic mass is 16.4. The Kier molecular flexibility index (Phi) is 2.51. The van der Waals surface area contributed by atoms with Gasteiger partial charge >= 0.3 is 13.0 Å². The first kappa shape index (κ1) is 8.55. The maximum absolute atomic E-state index is 10.6. The van der Waals surface area contributed by atoms with Crippen LogP contribution >= 0.6 is 0 Å². The van der Waals surface area contributed by atoms with E-state index in [1.807, 2.05) is 0 Å². The van der Waals surface area contributed by atoms with Gasteiger partial charge in [0.15, 0.2) is 0 Å². The van der Waals surface area contributed by atoms with Crippen LogP contribution in [0.1, 0.15) is 12.8 Å². The van der Waals surface area contributed by atoms with E-state index in [2.05, 4.69) is 0 Å². The molecule has 11 heavy (non-hydrogen) atoms. The van der Waals surface area contributed by atoms with E-state index < -0.39 is 19.1 Å². The number of rotatable bonds is 2. The lowest BCUT2D eigenvalue weighted by molar-refractivity contribution is -0.140. The highest BCUT2D eigenvalue weighted by Gasteiger charge is 2.34. The van der Waals surface area contributed by atoms with Crippen LogP contribution in [0.5, 0.6) is 0 Å². The minimum atomic E-state index is -0.830. The van der Waals surface area contributed by atoms with Crippen LogP contribution in [0, 0.1) is 0 Å². The van der Waals surface area contributed by atoms with Gasteiger partial charge in [-0.2, -0.15) is 0 Å². The molecular weight excluding hydrogens is 145 g/mol. The molecule has 0 aromatic carbocycles. The highest BCUT2D eigenvalue weighted by Crippen LogP contribution is 2.17. The lowest BCUT2D eigenvalue weighted by atomic mass is 9.84. The van der Waals surface area contributed by atoms with Crippen molar-refractivity contribution in [3.8, 4) is 0 Å². The summed E-state index contributed by atoms with van der Waals surface area (Å²) >= 11 is 0. The summed E-state index contributed by atoms with van der Waals surface area (Å²) in [6.45, 7) is 2.29. The van der Waals surface area contributed by atoms with Crippen LogP contribution in [0.15, 0.2) is 0 Å². The normalized spacial score (nSPS) is 25.5. The Balaban J connectivity index is 2.58. The van der Waals surface area contributed by atoms with Crippen LogP contribution in [-0.2, 0) is 4.79 Å². The smallest absolute Gasteiger partial charge is 0.377 e. The Morgan fingerprint density at radius 3 is 2.73 bits per heavy atom. The van der Waals surface area contributed by atoms with E-state index >= 15 is 0 Å². The van der Waals surface area contributed by atoms with E-state index in [1.54, 1.807) is 11.6 Å². The third-order valence-corrected chi connectivity index (χ3v) is 2.06. The molecule has 0 saturated carbocycles. The summed E-state index contributed by atoms with van der Waals surface area (Å²) in [7, 11) is -0.640. The number of carboxylic acid groups (broad SMARTS) is 1. The third-order valence-electron chi connectivity index (χ3n) is 2.06. The topological polar surface area (TPSA) is 60.8 Å². The average molecular weight is 157 g/mol. The molecule has 1 fully saturated rings. The van der Waals surface area contributed by atoms with Crippen LogP contribution < -0.4 is 0 Å². The standard InChI is InChI=1S/C6H12BNO3/c1-7(11)8-4-2-3-5(8)6(9)10/h5,11H,2-4H2,1H3,(H,9,10). The molecule has 1 unspecified atom stereocenters. The van der Waals surface area contributed by atoms with E-state index in [4.69, 9.17) is 10.1 Å². The van der Waals surface area contributed by atoms with E-state index in [0.717, 1.165) is 6.42 Å². The molecule has 1 aliphatic rings. The second kappa shape index (κ2) is 3.23. The Labute approximate surface area is 65.9 Å². The van der Waals surface area contributed by atoms with Gasteiger partial charge in [0.1, 0.15) is 6.04 Å². The molecule has 1 rings (SSSR count). The molecule has 62 valence electrons. The first-order chi connectivity index (χ1) is 5.13. The molecule has 0 amide bonds. The molecule has 0 radical (unpaired) electrons. The van der Waals surface area contributed by atoms with Crippen LogP contribution in [-0.4, -0.2) is 40.5 Å². The molecule has 0 aliphatic carbocycles. The fraction of sp³-hybridized carbons (Fsp3) is 0.833. The Bertz CT molecular complexity index is 162. The second-order valence-electron chi connectivity index (χ2n) is 2.87. The van der Waals surface area contributed by atoms with Crippen LogP contribution in [0.2, 0.25) is 6.82 Å². The van der Waals surface area contributed by atoms with Gasteiger partial charge in [-0.1, -0.05) is 0 Å². The predicted octanol–water partition coefficient (Wildman–Crippen LogP) is -0.354. The number of nitrogens with zero attached hydrogens (tertiary/aromatic N) is 1. The summed E-state index contributed by atoms with van der Waals surface area (Å²) in [6, 6.07) is -0.477. The number of carboxylic acids is 1. The van der Waals surface area contributed by atoms with Gasteiger partial charge in [-0.3, -0.25) is 4.79 Å². The fourth-order valence-electron chi connectivity index (χ4n) is 1.50. The van der Waals surface area contributed by atoms with Crippen LogP contribution in [0.3, 0.4) is 0 Å². The zero-order valence-electron chi connectivity index (χ0n) is 6.53. The molecule has 0 aromatic rings. The maximum Gasteiger partial charge on any atom is 0.377 e. The number of carbonyl (C=O) groups is 1. The molecule has 0 aromatic heterocycles. The zero-order valence-corrected chi connectivity index (χ0v) is 6.53. The molecule has 2 N–H and O–H groups in total. The molecule has 1 atom stereocenters. The van der Waals surface area contributed by atoms with Crippen molar-refractivity contribution in [2.24, 2.45) is 0 Å². The minimum absolute atomic E-state index is 0.477. The summed E-state index contributed by atoms with van der Waals surface area (Å²) in [4.78, 5) is 12.2. The summed E-state index contributed by atoms with van der Waals surface area (Å²) in [5.41, 5.74) is 0. The van der Waals surface area contributed by atoms with E-state index in [-0.39, 0.29) is 0 Å². The lowest BCUT2D eigenvalue weighted by Gasteiger charge is -2.21. The molecule has 4 nitrogen and oxygen atoms in total. The molecule has 1 heterocycles. The van der Waals surface area contributed by atoms with Gasteiger partial charge in [0.25, 0.3) is 0 Å². The first-order valence-electron chi connectivity index (χ1n) is 3.79. The largest absolute Gasteiger partial charge is 0.480 e. The number of hydrogen-bond donors (Lipinski definition) is 2. The molecule has 1 saturated heterocycles. The van der Waals surface area contributed by atoms with Crippen LogP contribution in [0.4, 0.5) is 0 Å². The van der Waals surface area contributed by atoms with Gasteiger partial charge < -0.3 is 14.9 Å². The Hall–Kier alpha value is -0.545. The van der Waals surface area contributed by atoms with Gasteiger partial charge in [-0.05, 0) is 26.2 Å². The van der Waals surface area contributed by atoms with Crippen molar-refractivity contribution in [2.45, 2.75) is 25.7 Å². The van der Waals surface area contributed by atoms with Crippen molar-refractivity contribution in [1.29, 1.82) is 0 Å². The fourth-order valence-corrected chi connectivity index (χ4v) is 1.50. The summed E-state index contributed by atoms with van der Waals surface area (Å²) in [5, 5.41) is 17.8. The lowest BCUT2D eigenvalue weighted by Crippen LogP contribution is -2.44. The van der Waals surface area contributed by atoms with Gasteiger partial charge in [0.05, 0.1) is 0 Å². The van der Waals surface area contributed by atoms with E-state index in [0.29, 0.717) is 13.0 Å². The number of aliphatic carboxylic acids is 1. The summed E-state index contributed by atoms with van der Waals surface area (Å²) in [5.74, 6) is -0.830. The highest BCUT2D eigenvalue weighted by molar-refractivity contribution is 6.45. The van der Waals surface area contributed by atoms with Crippen molar-refractivity contribution in [3.05, 3.63) is 0 Å². The zero-order chi connectivity index (χ0) is 8.43. The van der Waals surface area contributed by atoms with Gasteiger partial charge in [-0.15, -0.1) is 0 Å². The Morgan fingerprint density at radius 1 is 1.73 bits per heavy atom. The van der Waals surface area contributed by atoms with Crippen molar-refractivity contribution in [2.75, 3.05) is 6.54 Å². The second-order valence-corrected chi connectivity index (χ2v) is 2.87. The quantitative estimate of drug-likeness (QED) is 0.537. The number of hydrogen-bond acceptors (Lipinski definition) is 3. The first-order valence-corrected chi connectivity index (χ1v) is 3.79. The van der Waals surface area contributed by atoms with Crippen molar-refractivity contribution in [3.63, 3.8) is 0 Å². The van der Waals surface area contributed by atoms with Crippen molar-refractivity contribution < 1.29 is 14.9 Å². The van der Waals surface area contributed by atoms with E-state index in [9.17, 15) is 4.79 Å².